The highest BCUT2D eigenvalue weighted by Crippen LogP contribution is 2.16. The molecule has 0 aliphatic heterocycles. The number of para-hydroxylation sites is 1. The van der Waals surface area contributed by atoms with Crippen LogP contribution in [0.3, 0.4) is 0 Å². The minimum absolute atomic E-state index is 0.154. The molecule has 0 aromatic heterocycles. The molecule has 0 bridgehead atoms. The van der Waals surface area contributed by atoms with Crippen molar-refractivity contribution in [2.45, 2.75) is 19.4 Å². The molecular weight excluding hydrogens is 276 g/mol. The summed E-state index contributed by atoms with van der Waals surface area (Å²) in [5, 5.41) is 5.71. The van der Waals surface area contributed by atoms with Crippen molar-refractivity contribution in [3.63, 3.8) is 0 Å². The molecule has 2 aromatic rings. The molecule has 0 heterocycles. The first-order valence-corrected chi connectivity index (χ1v) is 7.47. The Kier molecular flexibility index (Phi) is 6.30. The van der Waals surface area contributed by atoms with Gasteiger partial charge in [0.05, 0.1) is 7.11 Å². The lowest BCUT2D eigenvalue weighted by atomic mass is 10.1. The second-order valence-electron chi connectivity index (χ2n) is 5.01. The van der Waals surface area contributed by atoms with Gasteiger partial charge in [-0.2, -0.15) is 0 Å². The molecule has 2 N–H and O–H groups in total. The van der Waals surface area contributed by atoms with Crippen LogP contribution in [0.4, 0.5) is 4.79 Å². The fourth-order valence-electron chi connectivity index (χ4n) is 2.23. The number of nitrogens with one attached hydrogen (secondary N) is 2. The van der Waals surface area contributed by atoms with E-state index in [1.165, 1.54) is 5.56 Å². The third-order valence-corrected chi connectivity index (χ3v) is 3.40. The summed E-state index contributed by atoms with van der Waals surface area (Å²) < 4.78 is 5.25. The number of amides is 2. The number of hydrogen-bond acceptors (Lipinski definition) is 2. The molecule has 116 valence electrons. The number of hydrogen-bond donors (Lipinski definition) is 2. The Labute approximate surface area is 131 Å². The Morgan fingerprint density at radius 2 is 1.73 bits per heavy atom. The fraction of sp³-hybridized carbons (Fsp3) is 0.278. The number of carbonyl (C=O) groups is 1. The molecule has 0 saturated carbocycles. The van der Waals surface area contributed by atoms with Gasteiger partial charge >= 0.3 is 6.03 Å². The second kappa shape index (κ2) is 8.72. The zero-order valence-electron chi connectivity index (χ0n) is 12.8. The normalized spacial score (nSPS) is 10.0. The Morgan fingerprint density at radius 1 is 1.00 bits per heavy atom. The molecule has 4 heteroatoms. The van der Waals surface area contributed by atoms with Gasteiger partial charge in [0.1, 0.15) is 5.75 Å². The predicted molar refractivity (Wildman–Crippen MR) is 88.0 cm³/mol. The van der Waals surface area contributed by atoms with E-state index in [4.69, 9.17) is 4.74 Å². The lowest BCUT2D eigenvalue weighted by molar-refractivity contribution is 0.240. The van der Waals surface area contributed by atoms with Crippen LogP contribution >= 0.6 is 0 Å². The first-order chi connectivity index (χ1) is 10.8. The van der Waals surface area contributed by atoms with Crippen molar-refractivity contribution in [1.29, 1.82) is 0 Å². The molecule has 0 aliphatic rings. The molecule has 2 rings (SSSR count). The van der Waals surface area contributed by atoms with Gasteiger partial charge in [-0.05, 0) is 24.5 Å². The predicted octanol–water partition coefficient (Wildman–Crippen LogP) is 3.13. The van der Waals surface area contributed by atoms with Gasteiger partial charge in [0.15, 0.2) is 0 Å². The average molecular weight is 298 g/mol. The van der Waals surface area contributed by atoms with Gasteiger partial charge in [-0.15, -0.1) is 0 Å². The van der Waals surface area contributed by atoms with Gasteiger partial charge in [-0.1, -0.05) is 48.5 Å². The van der Waals surface area contributed by atoms with Crippen molar-refractivity contribution in [1.82, 2.24) is 10.6 Å². The average Bonchev–Trinajstić information content (AvgIpc) is 2.58. The maximum atomic E-state index is 11.8. The summed E-state index contributed by atoms with van der Waals surface area (Å²) >= 11 is 0. The van der Waals surface area contributed by atoms with Crippen LogP contribution in [-0.4, -0.2) is 19.7 Å². The monoisotopic (exact) mass is 298 g/mol. The van der Waals surface area contributed by atoms with Crippen molar-refractivity contribution in [2.75, 3.05) is 13.7 Å². The molecule has 0 unspecified atom stereocenters. The maximum Gasteiger partial charge on any atom is 0.315 e. The van der Waals surface area contributed by atoms with E-state index in [-0.39, 0.29) is 6.03 Å². The zero-order valence-corrected chi connectivity index (χ0v) is 12.8. The number of ether oxygens (including phenoxy) is 1. The van der Waals surface area contributed by atoms with E-state index in [9.17, 15) is 4.79 Å². The third kappa shape index (κ3) is 5.13. The minimum atomic E-state index is -0.154. The number of carbonyl (C=O) groups excluding carboxylic acids is 1. The fourth-order valence-corrected chi connectivity index (χ4v) is 2.23. The smallest absolute Gasteiger partial charge is 0.315 e. The molecule has 0 radical (unpaired) electrons. The van der Waals surface area contributed by atoms with E-state index < -0.39 is 0 Å². The van der Waals surface area contributed by atoms with Crippen molar-refractivity contribution in [3.8, 4) is 5.75 Å². The van der Waals surface area contributed by atoms with Gasteiger partial charge in [-0.3, -0.25) is 0 Å². The molecule has 0 spiro atoms. The number of benzene rings is 2. The van der Waals surface area contributed by atoms with Crippen LogP contribution in [-0.2, 0) is 13.0 Å². The maximum absolute atomic E-state index is 11.8. The quantitative estimate of drug-likeness (QED) is 0.772. The van der Waals surface area contributed by atoms with Crippen LogP contribution < -0.4 is 15.4 Å². The van der Waals surface area contributed by atoms with Crippen molar-refractivity contribution in [3.05, 3.63) is 65.7 Å². The van der Waals surface area contributed by atoms with Gasteiger partial charge in [-0.25, -0.2) is 4.79 Å². The van der Waals surface area contributed by atoms with Crippen molar-refractivity contribution in [2.24, 2.45) is 0 Å². The minimum Gasteiger partial charge on any atom is -0.496 e. The van der Waals surface area contributed by atoms with Gasteiger partial charge in [0.2, 0.25) is 0 Å². The van der Waals surface area contributed by atoms with E-state index in [0.717, 1.165) is 24.2 Å². The van der Waals surface area contributed by atoms with Gasteiger partial charge in [0, 0.05) is 18.7 Å². The molecule has 0 saturated heterocycles. The standard InChI is InChI=1S/C18H22N2O2/c1-22-17-12-6-5-11-16(17)14-20-18(21)19-13-7-10-15-8-3-2-4-9-15/h2-6,8-9,11-12H,7,10,13-14H2,1H3,(H2,19,20,21). The van der Waals surface area contributed by atoms with E-state index in [1.807, 2.05) is 42.5 Å². The van der Waals surface area contributed by atoms with E-state index in [1.54, 1.807) is 7.11 Å². The van der Waals surface area contributed by atoms with Crippen molar-refractivity contribution < 1.29 is 9.53 Å². The molecule has 4 nitrogen and oxygen atoms in total. The number of rotatable bonds is 7. The highest BCUT2D eigenvalue weighted by molar-refractivity contribution is 5.73. The molecule has 0 atom stereocenters. The summed E-state index contributed by atoms with van der Waals surface area (Å²) in [4.78, 5) is 11.8. The number of methoxy groups -OCH3 is 1. The van der Waals surface area contributed by atoms with Crippen LogP contribution in [0.5, 0.6) is 5.75 Å². The summed E-state index contributed by atoms with van der Waals surface area (Å²) in [5.41, 5.74) is 2.25. The van der Waals surface area contributed by atoms with Crippen LogP contribution in [0.25, 0.3) is 0 Å². The zero-order chi connectivity index (χ0) is 15.6. The van der Waals surface area contributed by atoms with Crippen molar-refractivity contribution >= 4 is 6.03 Å². The van der Waals surface area contributed by atoms with E-state index in [2.05, 4.69) is 22.8 Å². The Balaban J connectivity index is 1.66. The van der Waals surface area contributed by atoms with Gasteiger partial charge < -0.3 is 15.4 Å². The van der Waals surface area contributed by atoms with Gasteiger partial charge in [0.25, 0.3) is 0 Å². The number of urea groups is 1. The lowest BCUT2D eigenvalue weighted by Gasteiger charge is -2.10. The first-order valence-electron chi connectivity index (χ1n) is 7.47. The van der Waals surface area contributed by atoms with Crippen LogP contribution in [0, 0.1) is 0 Å². The van der Waals surface area contributed by atoms with Crippen LogP contribution in [0.15, 0.2) is 54.6 Å². The molecule has 2 amide bonds. The molecular formula is C18H22N2O2. The van der Waals surface area contributed by atoms with E-state index >= 15 is 0 Å². The summed E-state index contributed by atoms with van der Waals surface area (Å²) in [5.74, 6) is 0.784. The molecule has 22 heavy (non-hydrogen) atoms. The molecule has 2 aromatic carbocycles. The Morgan fingerprint density at radius 3 is 2.50 bits per heavy atom. The highest BCUT2D eigenvalue weighted by atomic mass is 16.5. The topological polar surface area (TPSA) is 50.4 Å². The largest absolute Gasteiger partial charge is 0.496 e. The third-order valence-electron chi connectivity index (χ3n) is 3.40. The Bertz CT molecular complexity index is 585. The molecule has 0 aliphatic carbocycles. The lowest BCUT2D eigenvalue weighted by Crippen LogP contribution is -2.35. The summed E-state index contributed by atoms with van der Waals surface area (Å²) in [6.07, 6.45) is 1.89. The SMILES string of the molecule is COc1ccccc1CNC(=O)NCCCc1ccccc1. The number of aryl methyl sites for hydroxylation is 1. The first kappa shape index (κ1) is 15.9. The van der Waals surface area contributed by atoms with Crippen LogP contribution in [0.1, 0.15) is 17.5 Å². The van der Waals surface area contributed by atoms with E-state index in [0.29, 0.717) is 13.1 Å². The Hall–Kier alpha value is -2.49. The summed E-state index contributed by atoms with van der Waals surface area (Å²) in [7, 11) is 1.63. The summed E-state index contributed by atoms with van der Waals surface area (Å²) in [6, 6.07) is 17.8. The molecule has 0 fully saturated rings. The summed E-state index contributed by atoms with van der Waals surface area (Å²) in [6.45, 7) is 1.11. The van der Waals surface area contributed by atoms with Crippen LogP contribution in [0.2, 0.25) is 0 Å². The highest BCUT2D eigenvalue weighted by Gasteiger charge is 2.04. The second-order valence-corrected chi connectivity index (χ2v) is 5.01.